The molecule has 0 aliphatic heterocycles. The lowest BCUT2D eigenvalue weighted by atomic mass is 10.2. The molecule has 116 valence electrons. The molecular formula is C14H19BrN2O4. The van der Waals surface area contributed by atoms with Gasteiger partial charge in [-0.05, 0) is 35.0 Å². The SMILES string of the molecule is CCN(CC(C)C(=O)O)C(=O)Nc1ccc(Br)c(OC)c1. The van der Waals surface area contributed by atoms with Gasteiger partial charge in [-0.25, -0.2) is 4.79 Å². The number of rotatable bonds is 6. The molecule has 1 aromatic rings. The molecule has 2 N–H and O–H groups in total. The number of ether oxygens (including phenoxy) is 1. The number of nitrogens with zero attached hydrogens (tertiary/aromatic N) is 1. The third-order valence-electron chi connectivity index (χ3n) is 2.99. The first kappa shape index (κ1) is 17.3. The molecule has 0 bridgehead atoms. The molecule has 1 rings (SSSR count). The lowest BCUT2D eigenvalue weighted by molar-refractivity contribution is -0.141. The summed E-state index contributed by atoms with van der Waals surface area (Å²) in [7, 11) is 1.54. The average molecular weight is 359 g/mol. The Labute approximate surface area is 132 Å². The summed E-state index contributed by atoms with van der Waals surface area (Å²) in [5.74, 6) is -0.934. The fourth-order valence-corrected chi connectivity index (χ4v) is 2.11. The van der Waals surface area contributed by atoms with E-state index in [0.29, 0.717) is 18.0 Å². The Bertz CT molecular complexity index is 522. The zero-order chi connectivity index (χ0) is 16.0. The monoisotopic (exact) mass is 358 g/mol. The number of aliphatic carboxylic acids is 1. The van der Waals surface area contributed by atoms with Crippen LogP contribution in [0.15, 0.2) is 22.7 Å². The Morgan fingerprint density at radius 1 is 1.48 bits per heavy atom. The van der Waals surface area contributed by atoms with Crippen molar-refractivity contribution < 1.29 is 19.4 Å². The van der Waals surface area contributed by atoms with E-state index >= 15 is 0 Å². The maximum absolute atomic E-state index is 12.2. The molecule has 0 saturated carbocycles. The van der Waals surface area contributed by atoms with Crippen LogP contribution in [-0.4, -0.2) is 42.2 Å². The third kappa shape index (κ3) is 4.93. The molecule has 6 nitrogen and oxygen atoms in total. The third-order valence-corrected chi connectivity index (χ3v) is 3.64. The van der Waals surface area contributed by atoms with Crippen molar-refractivity contribution in [3.8, 4) is 5.75 Å². The summed E-state index contributed by atoms with van der Waals surface area (Å²) < 4.78 is 5.95. The standard InChI is InChI=1S/C14H19BrN2O4/c1-4-17(8-9(2)13(18)19)14(20)16-10-5-6-11(15)12(7-10)21-3/h5-7,9H,4,8H2,1-3H3,(H,16,20)(H,18,19). The molecule has 0 fully saturated rings. The molecular weight excluding hydrogens is 340 g/mol. The molecule has 1 unspecified atom stereocenters. The normalized spacial score (nSPS) is 11.6. The fourth-order valence-electron chi connectivity index (χ4n) is 1.70. The van der Waals surface area contributed by atoms with Crippen molar-refractivity contribution in [1.29, 1.82) is 0 Å². The molecule has 0 radical (unpaired) electrons. The van der Waals surface area contributed by atoms with Crippen molar-refractivity contribution in [3.05, 3.63) is 22.7 Å². The van der Waals surface area contributed by atoms with Crippen LogP contribution in [0.3, 0.4) is 0 Å². The number of anilines is 1. The van der Waals surface area contributed by atoms with Crippen LogP contribution >= 0.6 is 15.9 Å². The first-order chi connectivity index (χ1) is 9.88. The van der Waals surface area contributed by atoms with Crippen LogP contribution in [0.1, 0.15) is 13.8 Å². The zero-order valence-corrected chi connectivity index (χ0v) is 13.8. The van der Waals surface area contributed by atoms with Crippen molar-refractivity contribution in [2.45, 2.75) is 13.8 Å². The van der Waals surface area contributed by atoms with Gasteiger partial charge in [0.1, 0.15) is 5.75 Å². The highest BCUT2D eigenvalue weighted by Gasteiger charge is 2.19. The molecule has 0 spiro atoms. The molecule has 21 heavy (non-hydrogen) atoms. The number of urea groups is 1. The molecule has 0 heterocycles. The molecule has 0 saturated heterocycles. The van der Waals surface area contributed by atoms with Crippen molar-refractivity contribution in [2.75, 3.05) is 25.5 Å². The molecule has 0 aliphatic rings. The van der Waals surface area contributed by atoms with Gasteiger partial charge in [0.15, 0.2) is 0 Å². The Morgan fingerprint density at radius 2 is 2.14 bits per heavy atom. The first-order valence-electron chi connectivity index (χ1n) is 6.51. The van der Waals surface area contributed by atoms with E-state index in [1.54, 1.807) is 39.2 Å². The van der Waals surface area contributed by atoms with Crippen LogP contribution in [0.4, 0.5) is 10.5 Å². The van der Waals surface area contributed by atoms with Gasteiger partial charge in [-0.2, -0.15) is 0 Å². The zero-order valence-electron chi connectivity index (χ0n) is 12.2. The van der Waals surface area contributed by atoms with Gasteiger partial charge in [0, 0.05) is 24.8 Å². The largest absolute Gasteiger partial charge is 0.495 e. The highest BCUT2D eigenvalue weighted by molar-refractivity contribution is 9.10. The van der Waals surface area contributed by atoms with Gasteiger partial charge < -0.3 is 20.1 Å². The summed E-state index contributed by atoms with van der Waals surface area (Å²) in [5, 5.41) is 11.6. The van der Waals surface area contributed by atoms with E-state index in [4.69, 9.17) is 9.84 Å². The number of halogens is 1. The fraction of sp³-hybridized carbons (Fsp3) is 0.429. The van der Waals surface area contributed by atoms with Crippen molar-refractivity contribution in [3.63, 3.8) is 0 Å². The van der Waals surface area contributed by atoms with Crippen LogP contribution in [0, 0.1) is 5.92 Å². The summed E-state index contributed by atoms with van der Waals surface area (Å²) in [6.45, 7) is 3.96. The predicted molar refractivity (Wildman–Crippen MR) is 83.8 cm³/mol. The quantitative estimate of drug-likeness (QED) is 0.818. The number of hydrogen-bond donors (Lipinski definition) is 2. The van der Waals surface area contributed by atoms with E-state index in [1.807, 2.05) is 0 Å². The Balaban J connectivity index is 2.76. The summed E-state index contributed by atoms with van der Waals surface area (Å²) >= 11 is 3.33. The topological polar surface area (TPSA) is 78.9 Å². The number of benzene rings is 1. The summed E-state index contributed by atoms with van der Waals surface area (Å²) in [5.41, 5.74) is 0.585. The predicted octanol–water partition coefficient (Wildman–Crippen LogP) is 3.03. The number of methoxy groups -OCH3 is 1. The highest BCUT2D eigenvalue weighted by Crippen LogP contribution is 2.27. The smallest absolute Gasteiger partial charge is 0.321 e. The van der Waals surface area contributed by atoms with Gasteiger partial charge >= 0.3 is 12.0 Å². The second-order valence-electron chi connectivity index (χ2n) is 4.56. The summed E-state index contributed by atoms with van der Waals surface area (Å²) in [4.78, 5) is 24.5. The van der Waals surface area contributed by atoms with Gasteiger partial charge in [-0.15, -0.1) is 0 Å². The number of nitrogens with one attached hydrogen (secondary N) is 1. The minimum Gasteiger partial charge on any atom is -0.495 e. The summed E-state index contributed by atoms with van der Waals surface area (Å²) in [6, 6.07) is 4.86. The second kappa shape index (κ2) is 7.87. The number of carbonyl (C=O) groups excluding carboxylic acids is 1. The van der Waals surface area contributed by atoms with Crippen molar-refractivity contribution >= 4 is 33.6 Å². The van der Waals surface area contributed by atoms with E-state index in [0.717, 1.165) is 4.47 Å². The Morgan fingerprint density at radius 3 is 2.67 bits per heavy atom. The van der Waals surface area contributed by atoms with E-state index in [9.17, 15) is 9.59 Å². The molecule has 0 aromatic heterocycles. The number of hydrogen-bond acceptors (Lipinski definition) is 3. The van der Waals surface area contributed by atoms with Gasteiger partial charge in [0.2, 0.25) is 0 Å². The maximum atomic E-state index is 12.2. The molecule has 1 atom stereocenters. The van der Waals surface area contributed by atoms with Crippen LogP contribution in [0.25, 0.3) is 0 Å². The van der Waals surface area contributed by atoms with E-state index in [1.165, 1.54) is 4.90 Å². The van der Waals surface area contributed by atoms with Gasteiger partial charge in [0.25, 0.3) is 0 Å². The van der Waals surface area contributed by atoms with Crippen molar-refractivity contribution in [1.82, 2.24) is 4.90 Å². The van der Waals surface area contributed by atoms with Crippen LogP contribution in [-0.2, 0) is 4.79 Å². The molecule has 1 aromatic carbocycles. The Kier molecular flexibility index (Phi) is 6.48. The Hall–Kier alpha value is -1.76. The molecule has 0 aliphatic carbocycles. The van der Waals surface area contributed by atoms with Gasteiger partial charge in [-0.1, -0.05) is 6.92 Å². The van der Waals surface area contributed by atoms with Crippen LogP contribution in [0.2, 0.25) is 0 Å². The lowest BCUT2D eigenvalue weighted by Crippen LogP contribution is -2.39. The molecule has 2 amide bonds. The lowest BCUT2D eigenvalue weighted by Gasteiger charge is -2.23. The van der Waals surface area contributed by atoms with Gasteiger partial charge in [-0.3, -0.25) is 4.79 Å². The number of amides is 2. The highest BCUT2D eigenvalue weighted by atomic mass is 79.9. The van der Waals surface area contributed by atoms with Gasteiger partial charge in [0.05, 0.1) is 17.5 Å². The van der Waals surface area contributed by atoms with E-state index in [2.05, 4.69) is 21.2 Å². The average Bonchev–Trinajstić information content (AvgIpc) is 2.46. The minimum absolute atomic E-state index is 0.158. The summed E-state index contributed by atoms with van der Waals surface area (Å²) in [6.07, 6.45) is 0. The van der Waals surface area contributed by atoms with E-state index in [-0.39, 0.29) is 12.6 Å². The number of carbonyl (C=O) groups is 2. The van der Waals surface area contributed by atoms with Crippen LogP contribution < -0.4 is 10.1 Å². The first-order valence-corrected chi connectivity index (χ1v) is 7.30. The number of carboxylic acids is 1. The van der Waals surface area contributed by atoms with Crippen LogP contribution in [0.5, 0.6) is 5.75 Å². The maximum Gasteiger partial charge on any atom is 0.321 e. The van der Waals surface area contributed by atoms with Crippen molar-refractivity contribution in [2.24, 2.45) is 5.92 Å². The second-order valence-corrected chi connectivity index (χ2v) is 5.41. The molecule has 7 heteroatoms. The van der Waals surface area contributed by atoms with E-state index < -0.39 is 11.9 Å². The minimum atomic E-state index is -0.924. The number of carboxylic acid groups (broad SMARTS) is 1.